The molecule has 0 heterocycles. The Morgan fingerprint density at radius 1 is 1.32 bits per heavy atom. The molecular formula is C11H22N2O5S. The molecule has 0 amide bonds. The summed E-state index contributed by atoms with van der Waals surface area (Å²) < 4.78 is 27.4. The zero-order valence-corrected chi connectivity index (χ0v) is 11.9. The zero-order valence-electron chi connectivity index (χ0n) is 11.1. The average molecular weight is 294 g/mol. The highest BCUT2D eigenvalue weighted by atomic mass is 32.2. The van der Waals surface area contributed by atoms with Crippen LogP contribution < -0.4 is 4.72 Å². The van der Waals surface area contributed by atoms with Crippen LogP contribution in [0.25, 0.3) is 0 Å². The van der Waals surface area contributed by atoms with Crippen molar-refractivity contribution in [2.45, 2.75) is 50.7 Å². The van der Waals surface area contributed by atoms with Crippen molar-refractivity contribution in [2.24, 2.45) is 0 Å². The van der Waals surface area contributed by atoms with Gasteiger partial charge in [-0.15, -0.1) is 0 Å². The number of hydrogen-bond acceptors (Lipinski definition) is 4. The molecule has 0 saturated heterocycles. The summed E-state index contributed by atoms with van der Waals surface area (Å²) in [4.78, 5) is 10.4. The molecule has 0 radical (unpaired) electrons. The van der Waals surface area contributed by atoms with Crippen molar-refractivity contribution in [1.29, 1.82) is 0 Å². The van der Waals surface area contributed by atoms with Gasteiger partial charge in [-0.2, -0.15) is 17.4 Å². The van der Waals surface area contributed by atoms with Crippen LogP contribution in [0.2, 0.25) is 0 Å². The Balaban J connectivity index is 2.59. The van der Waals surface area contributed by atoms with Crippen LogP contribution >= 0.6 is 0 Å². The van der Waals surface area contributed by atoms with Gasteiger partial charge in [0.2, 0.25) is 0 Å². The van der Waals surface area contributed by atoms with Gasteiger partial charge >= 0.3 is 5.97 Å². The Morgan fingerprint density at radius 2 is 1.95 bits per heavy atom. The number of rotatable bonds is 6. The number of carbonyl (C=O) groups is 1. The summed E-state index contributed by atoms with van der Waals surface area (Å²) in [6.07, 6.45) is 3.04. The van der Waals surface area contributed by atoms with Crippen molar-refractivity contribution in [3.63, 3.8) is 0 Å². The lowest BCUT2D eigenvalue weighted by atomic mass is 10.1. The van der Waals surface area contributed by atoms with Crippen molar-refractivity contribution in [3.8, 4) is 0 Å². The Labute approximate surface area is 113 Å². The fraction of sp³-hybridized carbons (Fsp3) is 0.909. The summed E-state index contributed by atoms with van der Waals surface area (Å²) in [5.41, 5.74) is 0. The van der Waals surface area contributed by atoms with Gasteiger partial charge in [-0.25, -0.2) is 0 Å². The van der Waals surface area contributed by atoms with Gasteiger partial charge in [0.15, 0.2) is 0 Å². The molecule has 0 aromatic heterocycles. The average Bonchev–Trinajstić information content (AvgIpc) is 2.51. The molecule has 0 aromatic rings. The van der Waals surface area contributed by atoms with Crippen LogP contribution in [-0.2, 0) is 15.0 Å². The second-order valence-corrected chi connectivity index (χ2v) is 6.71. The predicted molar refractivity (Wildman–Crippen MR) is 69.8 cm³/mol. The van der Waals surface area contributed by atoms with Crippen molar-refractivity contribution < 1.29 is 23.4 Å². The standard InChI is InChI=1S/C11H22N2O5S/c1-13(8-7-11(15)16)19(17,18)12-9-5-3-2-4-6-10(9)14/h9-10,12,14H,2-8H2,1H3,(H,15,16). The fourth-order valence-electron chi connectivity index (χ4n) is 2.08. The molecule has 112 valence electrons. The van der Waals surface area contributed by atoms with E-state index in [9.17, 15) is 18.3 Å². The first kappa shape index (κ1) is 16.4. The third kappa shape index (κ3) is 5.43. The number of carboxylic acids is 1. The molecule has 1 rings (SSSR count). The second-order valence-electron chi connectivity index (χ2n) is 4.90. The maximum atomic E-state index is 12.0. The van der Waals surface area contributed by atoms with Crippen molar-refractivity contribution in [1.82, 2.24) is 9.03 Å². The van der Waals surface area contributed by atoms with E-state index < -0.39 is 28.3 Å². The van der Waals surface area contributed by atoms with Crippen LogP contribution in [0.15, 0.2) is 0 Å². The summed E-state index contributed by atoms with van der Waals surface area (Å²) in [6, 6.07) is -0.486. The molecule has 1 fully saturated rings. The molecule has 0 aromatic carbocycles. The van der Waals surface area contributed by atoms with Crippen molar-refractivity contribution in [3.05, 3.63) is 0 Å². The van der Waals surface area contributed by atoms with Gasteiger partial charge < -0.3 is 10.2 Å². The normalized spacial score (nSPS) is 25.2. The van der Waals surface area contributed by atoms with Gasteiger partial charge in [0.1, 0.15) is 0 Å². The topological polar surface area (TPSA) is 107 Å². The summed E-state index contributed by atoms with van der Waals surface area (Å²) in [5, 5.41) is 18.4. The minimum atomic E-state index is -3.74. The van der Waals surface area contributed by atoms with Crippen LogP contribution in [0.4, 0.5) is 0 Å². The van der Waals surface area contributed by atoms with Crippen LogP contribution in [0.3, 0.4) is 0 Å². The number of nitrogens with zero attached hydrogens (tertiary/aromatic N) is 1. The van der Waals surface area contributed by atoms with Crippen LogP contribution in [0, 0.1) is 0 Å². The summed E-state index contributed by atoms with van der Waals surface area (Å²) >= 11 is 0. The van der Waals surface area contributed by atoms with E-state index in [1.54, 1.807) is 0 Å². The number of aliphatic carboxylic acids is 1. The maximum Gasteiger partial charge on any atom is 0.304 e. The molecule has 0 bridgehead atoms. The Bertz CT molecular complexity index is 398. The van der Waals surface area contributed by atoms with Gasteiger partial charge in [-0.3, -0.25) is 4.79 Å². The highest BCUT2D eigenvalue weighted by Gasteiger charge is 2.28. The first-order valence-corrected chi connectivity index (χ1v) is 7.90. The zero-order chi connectivity index (χ0) is 14.5. The van der Waals surface area contributed by atoms with E-state index in [1.807, 2.05) is 0 Å². The number of nitrogens with one attached hydrogen (secondary N) is 1. The van der Waals surface area contributed by atoms with Gasteiger partial charge in [0.25, 0.3) is 10.2 Å². The first-order valence-electron chi connectivity index (χ1n) is 6.46. The van der Waals surface area contributed by atoms with Gasteiger partial charge in [-0.1, -0.05) is 19.3 Å². The third-order valence-electron chi connectivity index (χ3n) is 3.33. The smallest absolute Gasteiger partial charge is 0.304 e. The molecular weight excluding hydrogens is 272 g/mol. The molecule has 2 atom stereocenters. The molecule has 1 aliphatic rings. The van der Waals surface area contributed by atoms with E-state index in [0.717, 1.165) is 23.6 Å². The molecule has 8 heteroatoms. The number of aliphatic hydroxyl groups is 1. The minimum Gasteiger partial charge on any atom is -0.481 e. The number of aliphatic hydroxyl groups excluding tert-OH is 1. The molecule has 0 aliphatic heterocycles. The maximum absolute atomic E-state index is 12.0. The summed E-state index contributed by atoms with van der Waals surface area (Å²) in [5.74, 6) is -1.04. The number of carboxylic acid groups (broad SMARTS) is 1. The van der Waals surface area contributed by atoms with Gasteiger partial charge in [-0.05, 0) is 12.8 Å². The highest BCUT2D eigenvalue weighted by molar-refractivity contribution is 7.87. The molecule has 19 heavy (non-hydrogen) atoms. The molecule has 3 N–H and O–H groups in total. The largest absolute Gasteiger partial charge is 0.481 e. The minimum absolute atomic E-state index is 0.0898. The van der Waals surface area contributed by atoms with Gasteiger partial charge in [0, 0.05) is 19.6 Å². The van der Waals surface area contributed by atoms with Gasteiger partial charge in [0.05, 0.1) is 12.5 Å². The highest BCUT2D eigenvalue weighted by Crippen LogP contribution is 2.19. The SMILES string of the molecule is CN(CCC(=O)O)S(=O)(=O)NC1CCCCCC1O. The first-order chi connectivity index (χ1) is 8.83. The number of hydrogen-bond donors (Lipinski definition) is 3. The fourth-order valence-corrected chi connectivity index (χ4v) is 3.25. The van der Waals surface area contributed by atoms with Crippen LogP contribution in [0.1, 0.15) is 38.5 Å². The lowest BCUT2D eigenvalue weighted by molar-refractivity contribution is -0.137. The Kier molecular flexibility index (Phi) is 6.18. The van der Waals surface area contributed by atoms with E-state index >= 15 is 0 Å². The monoisotopic (exact) mass is 294 g/mol. The molecule has 1 saturated carbocycles. The Hall–Kier alpha value is -0.700. The lowest BCUT2D eigenvalue weighted by Crippen LogP contribution is -2.48. The van der Waals surface area contributed by atoms with E-state index in [1.165, 1.54) is 7.05 Å². The summed E-state index contributed by atoms with van der Waals surface area (Å²) in [6.45, 7) is -0.0898. The molecule has 1 aliphatic carbocycles. The molecule has 7 nitrogen and oxygen atoms in total. The predicted octanol–water partition coefficient (Wildman–Crippen LogP) is -0.0791. The Morgan fingerprint density at radius 3 is 2.58 bits per heavy atom. The van der Waals surface area contributed by atoms with E-state index in [0.29, 0.717) is 12.8 Å². The van der Waals surface area contributed by atoms with E-state index in [-0.39, 0.29) is 13.0 Å². The van der Waals surface area contributed by atoms with E-state index in [4.69, 9.17) is 5.11 Å². The van der Waals surface area contributed by atoms with Crippen LogP contribution in [0.5, 0.6) is 0 Å². The van der Waals surface area contributed by atoms with E-state index in [2.05, 4.69) is 4.72 Å². The molecule has 0 spiro atoms. The van der Waals surface area contributed by atoms with Crippen molar-refractivity contribution >= 4 is 16.2 Å². The summed E-state index contributed by atoms with van der Waals surface area (Å²) in [7, 11) is -2.42. The van der Waals surface area contributed by atoms with Crippen LogP contribution in [-0.4, -0.2) is 54.6 Å². The second kappa shape index (κ2) is 7.18. The quantitative estimate of drug-likeness (QED) is 0.594. The van der Waals surface area contributed by atoms with Crippen molar-refractivity contribution in [2.75, 3.05) is 13.6 Å². The lowest BCUT2D eigenvalue weighted by Gasteiger charge is -2.25. The third-order valence-corrected chi connectivity index (χ3v) is 4.93. The molecule has 2 unspecified atom stereocenters.